The molecule has 1 aliphatic rings. The second-order valence-electron chi connectivity index (χ2n) is 7.30. The van der Waals surface area contributed by atoms with Crippen molar-refractivity contribution < 1.29 is 13.6 Å². The maximum absolute atomic E-state index is 13.5. The molecule has 0 N–H and O–H groups in total. The van der Waals surface area contributed by atoms with Crippen LogP contribution in [0, 0.1) is 11.6 Å². The van der Waals surface area contributed by atoms with E-state index in [2.05, 4.69) is 9.97 Å². The van der Waals surface area contributed by atoms with Crippen LogP contribution in [0.5, 0.6) is 0 Å². The molecule has 29 heavy (non-hydrogen) atoms. The van der Waals surface area contributed by atoms with E-state index in [1.54, 1.807) is 30.6 Å². The Morgan fingerprint density at radius 1 is 1.00 bits per heavy atom. The van der Waals surface area contributed by atoms with Crippen LogP contribution < -0.4 is 0 Å². The van der Waals surface area contributed by atoms with Gasteiger partial charge in [-0.1, -0.05) is 24.3 Å². The molecular weight excluding hydrogens is 372 g/mol. The van der Waals surface area contributed by atoms with Crippen molar-refractivity contribution in [2.75, 3.05) is 13.1 Å². The number of carbonyl (C=O) groups is 1. The molecule has 1 fully saturated rings. The fourth-order valence-corrected chi connectivity index (χ4v) is 3.68. The molecule has 0 aliphatic carbocycles. The lowest BCUT2D eigenvalue weighted by atomic mass is 9.93. The summed E-state index contributed by atoms with van der Waals surface area (Å²) < 4.78 is 26.5. The summed E-state index contributed by atoms with van der Waals surface area (Å²) in [7, 11) is 0. The smallest absolute Gasteiger partial charge is 0.226 e. The number of halogens is 2. The predicted molar refractivity (Wildman–Crippen MR) is 106 cm³/mol. The summed E-state index contributed by atoms with van der Waals surface area (Å²) in [6.45, 7) is 1.30. The largest absolute Gasteiger partial charge is 0.342 e. The Morgan fingerprint density at radius 2 is 1.76 bits per heavy atom. The molecule has 4 nitrogen and oxygen atoms in total. The molecule has 3 aromatic rings. The number of hydrogen-bond acceptors (Lipinski definition) is 3. The zero-order valence-corrected chi connectivity index (χ0v) is 15.9. The Morgan fingerprint density at radius 3 is 2.48 bits per heavy atom. The van der Waals surface area contributed by atoms with Crippen molar-refractivity contribution in [3.05, 3.63) is 83.8 Å². The fraction of sp³-hybridized carbons (Fsp3) is 0.261. The number of piperidine rings is 1. The van der Waals surface area contributed by atoms with Gasteiger partial charge in [0.2, 0.25) is 5.91 Å². The highest BCUT2D eigenvalue weighted by Gasteiger charge is 2.25. The minimum atomic E-state index is -0.303. The van der Waals surface area contributed by atoms with Gasteiger partial charge in [-0.2, -0.15) is 0 Å². The molecule has 0 spiro atoms. The first-order chi connectivity index (χ1) is 14.1. The van der Waals surface area contributed by atoms with Crippen LogP contribution in [0.2, 0.25) is 0 Å². The van der Waals surface area contributed by atoms with Crippen molar-refractivity contribution in [2.45, 2.75) is 25.2 Å². The second kappa shape index (κ2) is 8.47. The summed E-state index contributed by atoms with van der Waals surface area (Å²) in [4.78, 5) is 23.4. The molecule has 0 atom stereocenters. The number of amides is 1. The van der Waals surface area contributed by atoms with Gasteiger partial charge in [-0.15, -0.1) is 0 Å². The van der Waals surface area contributed by atoms with E-state index in [0.717, 1.165) is 24.1 Å². The van der Waals surface area contributed by atoms with Gasteiger partial charge in [-0.05, 0) is 42.7 Å². The number of hydrogen-bond donors (Lipinski definition) is 0. The third kappa shape index (κ3) is 4.65. The third-order valence-electron chi connectivity index (χ3n) is 5.31. The molecule has 2 heterocycles. The van der Waals surface area contributed by atoms with Crippen LogP contribution in [-0.2, 0) is 11.2 Å². The summed E-state index contributed by atoms with van der Waals surface area (Å²) in [5.74, 6) is -0.341. The summed E-state index contributed by atoms with van der Waals surface area (Å²) >= 11 is 0. The Hall–Kier alpha value is -3.15. The minimum Gasteiger partial charge on any atom is -0.342 e. The number of aromatic nitrogens is 2. The highest BCUT2D eigenvalue weighted by atomic mass is 19.1. The van der Waals surface area contributed by atoms with Crippen molar-refractivity contribution in [3.63, 3.8) is 0 Å². The van der Waals surface area contributed by atoms with Gasteiger partial charge < -0.3 is 4.90 Å². The lowest BCUT2D eigenvalue weighted by Gasteiger charge is -2.32. The molecule has 1 aliphatic heterocycles. The standard InChI is InChI=1S/C23H21F2N3O/c24-19-6-4-16(5-7-19)12-23(29)28-10-8-17(9-11-28)21-14-26-15-22(27-21)18-2-1-3-20(25)13-18/h1-7,13-15,17H,8-12H2. The van der Waals surface area contributed by atoms with Crippen molar-refractivity contribution in [3.8, 4) is 11.3 Å². The van der Waals surface area contributed by atoms with Crippen LogP contribution in [-0.4, -0.2) is 33.9 Å². The normalized spacial score (nSPS) is 14.8. The summed E-state index contributed by atoms with van der Waals surface area (Å²) in [5, 5.41) is 0. The number of benzene rings is 2. The Balaban J connectivity index is 1.39. The van der Waals surface area contributed by atoms with Crippen LogP contribution in [0.25, 0.3) is 11.3 Å². The average molecular weight is 393 g/mol. The van der Waals surface area contributed by atoms with Gasteiger partial charge in [-0.25, -0.2) is 13.8 Å². The van der Waals surface area contributed by atoms with Crippen LogP contribution >= 0.6 is 0 Å². The summed E-state index contributed by atoms with van der Waals surface area (Å²) in [6, 6.07) is 12.4. The molecule has 148 valence electrons. The second-order valence-corrected chi connectivity index (χ2v) is 7.30. The maximum atomic E-state index is 13.5. The van der Waals surface area contributed by atoms with E-state index < -0.39 is 0 Å². The first-order valence-electron chi connectivity index (χ1n) is 9.68. The molecular formula is C23H21F2N3O. The third-order valence-corrected chi connectivity index (χ3v) is 5.31. The van der Waals surface area contributed by atoms with E-state index >= 15 is 0 Å². The first kappa shape index (κ1) is 19.2. The molecule has 2 aromatic carbocycles. The number of rotatable bonds is 4. The molecule has 6 heteroatoms. The molecule has 0 radical (unpaired) electrons. The highest BCUT2D eigenvalue weighted by Crippen LogP contribution is 2.28. The van der Waals surface area contributed by atoms with Gasteiger partial charge >= 0.3 is 0 Å². The molecule has 1 aromatic heterocycles. The number of likely N-dealkylation sites (tertiary alicyclic amines) is 1. The molecule has 0 bridgehead atoms. The van der Waals surface area contributed by atoms with Gasteiger partial charge in [0.25, 0.3) is 0 Å². The van der Waals surface area contributed by atoms with E-state index in [0.29, 0.717) is 24.3 Å². The van der Waals surface area contributed by atoms with E-state index in [-0.39, 0.29) is 29.9 Å². The Labute approximate surface area is 168 Å². The zero-order chi connectivity index (χ0) is 20.2. The molecule has 1 amide bonds. The van der Waals surface area contributed by atoms with Crippen molar-refractivity contribution in [1.29, 1.82) is 0 Å². The Kier molecular flexibility index (Phi) is 5.60. The lowest BCUT2D eigenvalue weighted by molar-refractivity contribution is -0.131. The quantitative estimate of drug-likeness (QED) is 0.661. The van der Waals surface area contributed by atoms with Crippen molar-refractivity contribution in [2.24, 2.45) is 0 Å². The molecule has 4 rings (SSSR count). The molecule has 0 saturated carbocycles. The number of nitrogens with zero attached hydrogens (tertiary/aromatic N) is 3. The van der Waals surface area contributed by atoms with Gasteiger partial charge in [0, 0.05) is 30.8 Å². The van der Waals surface area contributed by atoms with Crippen LogP contribution in [0.1, 0.15) is 30.0 Å². The SMILES string of the molecule is O=C(Cc1ccc(F)cc1)N1CCC(c2cncc(-c3cccc(F)c3)n2)CC1. The van der Waals surface area contributed by atoms with E-state index in [1.165, 1.54) is 24.3 Å². The average Bonchev–Trinajstić information content (AvgIpc) is 2.75. The lowest BCUT2D eigenvalue weighted by Crippen LogP contribution is -2.39. The zero-order valence-electron chi connectivity index (χ0n) is 15.9. The predicted octanol–water partition coefficient (Wildman–Crippen LogP) is 4.37. The van der Waals surface area contributed by atoms with Gasteiger partial charge in [0.15, 0.2) is 0 Å². The van der Waals surface area contributed by atoms with Gasteiger partial charge in [0.05, 0.1) is 24.0 Å². The molecule has 0 unspecified atom stereocenters. The van der Waals surface area contributed by atoms with Crippen molar-refractivity contribution in [1.82, 2.24) is 14.9 Å². The van der Waals surface area contributed by atoms with Crippen LogP contribution in [0.3, 0.4) is 0 Å². The van der Waals surface area contributed by atoms with Crippen molar-refractivity contribution >= 4 is 5.91 Å². The topological polar surface area (TPSA) is 46.1 Å². The number of carbonyl (C=O) groups excluding carboxylic acids is 1. The highest BCUT2D eigenvalue weighted by molar-refractivity contribution is 5.78. The monoisotopic (exact) mass is 393 g/mol. The fourth-order valence-electron chi connectivity index (χ4n) is 3.68. The Bertz CT molecular complexity index is 999. The van der Waals surface area contributed by atoms with Gasteiger partial charge in [0.1, 0.15) is 11.6 Å². The van der Waals surface area contributed by atoms with E-state index in [4.69, 9.17) is 0 Å². The maximum Gasteiger partial charge on any atom is 0.226 e. The summed E-state index contributed by atoms with van der Waals surface area (Å²) in [6.07, 6.45) is 5.27. The van der Waals surface area contributed by atoms with Crippen LogP contribution in [0.15, 0.2) is 60.9 Å². The minimum absolute atomic E-state index is 0.0506. The van der Waals surface area contributed by atoms with E-state index in [9.17, 15) is 13.6 Å². The summed E-state index contributed by atoms with van der Waals surface area (Å²) in [5.41, 5.74) is 3.03. The first-order valence-corrected chi connectivity index (χ1v) is 9.68. The van der Waals surface area contributed by atoms with Crippen LogP contribution in [0.4, 0.5) is 8.78 Å². The molecule has 1 saturated heterocycles. The van der Waals surface area contributed by atoms with Gasteiger partial charge in [-0.3, -0.25) is 9.78 Å². The van der Waals surface area contributed by atoms with E-state index in [1.807, 2.05) is 11.0 Å².